The number of aromatic nitrogens is 2. The number of nitrogens with zero attached hydrogens (tertiary/aromatic N) is 2. The molecule has 0 aliphatic rings. The molecule has 0 saturated carbocycles. The van der Waals surface area contributed by atoms with Gasteiger partial charge in [-0.3, -0.25) is 4.79 Å². The number of carbonyl (C=O) groups is 1. The van der Waals surface area contributed by atoms with Crippen LogP contribution in [0, 0.1) is 6.92 Å². The second kappa shape index (κ2) is 4.37. The SMILES string of the molecule is Cc1ccc2nc(CCl)n(C(C)C(N)=O)c2c1. The van der Waals surface area contributed by atoms with Crippen molar-refractivity contribution in [1.29, 1.82) is 0 Å². The van der Waals surface area contributed by atoms with Crippen molar-refractivity contribution in [2.45, 2.75) is 25.8 Å². The Morgan fingerprint density at radius 3 is 2.88 bits per heavy atom. The molecule has 0 aliphatic carbocycles. The number of hydrogen-bond donors (Lipinski definition) is 1. The van der Waals surface area contributed by atoms with E-state index in [0.29, 0.717) is 5.82 Å². The highest BCUT2D eigenvalue weighted by molar-refractivity contribution is 6.16. The quantitative estimate of drug-likeness (QED) is 0.850. The van der Waals surface area contributed by atoms with E-state index in [1.165, 1.54) is 0 Å². The molecule has 0 bridgehead atoms. The van der Waals surface area contributed by atoms with Crippen molar-refractivity contribution in [2.24, 2.45) is 5.73 Å². The summed E-state index contributed by atoms with van der Waals surface area (Å²) in [6.07, 6.45) is 0. The Kier molecular flexibility index (Phi) is 3.07. The summed E-state index contributed by atoms with van der Waals surface area (Å²) in [5, 5.41) is 0. The van der Waals surface area contributed by atoms with Crippen molar-refractivity contribution >= 4 is 28.5 Å². The summed E-state index contributed by atoms with van der Waals surface area (Å²) in [6.45, 7) is 3.74. The maximum atomic E-state index is 11.3. The molecule has 2 aromatic rings. The first-order chi connectivity index (χ1) is 8.04. The first-order valence-corrected chi connectivity index (χ1v) is 5.90. The predicted molar refractivity (Wildman–Crippen MR) is 67.9 cm³/mol. The van der Waals surface area contributed by atoms with Gasteiger partial charge in [0.15, 0.2) is 0 Å². The van der Waals surface area contributed by atoms with E-state index in [2.05, 4.69) is 4.98 Å². The summed E-state index contributed by atoms with van der Waals surface area (Å²) in [5.41, 5.74) is 8.19. The molecule has 1 atom stereocenters. The zero-order valence-electron chi connectivity index (χ0n) is 9.77. The van der Waals surface area contributed by atoms with Crippen molar-refractivity contribution < 1.29 is 4.79 Å². The fourth-order valence-electron chi connectivity index (χ4n) is 1.91. The van der Waals surface area contributed by atoms with Crippen molar-refractivity contribution in [3.05, 3.63) is 29.6 Å². The third kappa shape index (κ3) is 2.00. The van der Waals surface area contributed by atoms with Gasteiger partial charge in [-0.05, 0) is 31.5 Å². The molecule has 0 fully saturated rings. The molecule has 1 aromatic carbocycles. The van der Waals surface area contributed by atoms with Crippen LogP contribution in [0.5, 0.6) is 0 Å². The highest BCUT2D eigenvalue weighted by atomic mass is 35.5. The largest absolute Gasteiger partial charge is 0.368 e. The van der Waals surface area contributed by atoms with E-state index in [0.717, 1.165) is 16.6 Å². The Labute approximate surface area is 104 Å². The van der Waals surface area contributed by atoms with Gasteiger partial charge < -0.3 is 10.3 Å². The minimum Gasteiger partial charge on any atom is -0.368 e. The number of benzene rings is 1. The fraction of sp³-hybridized carbons (Fsp3) is 0.333. The maximum Gasteiger partial charge on any atom is 0.240 e. The predicted octanol–water partition coefficient (Wildman–Crippen LogP) is 2.13. The number of carbonyl (C=O) groups excluding carboxylic acids is 1. The normalized spacial score (nSPS) is 12.9. The van der Waals surface area contributed by atoms with E-state index in [9.17, 15) is 4.79 Å². The molecule has 5 heteroatoms. The first-order valence-electron chi connectivity index (χ1n) is 5.37. The minimum atomic E-state index is -0.449. The minimum absolute atomic E-state index is 0.255. The summed E-state index contributed by atoms with van der Waals surface area (Å²) in [7, 11) is 0. The number of halogens is 1. The van der Waals surface area contributed by atoms with E-state index >= 15 is 0 Å². The second-order valence-corrected chi connectivity index (χ2v) is 4.37. The molecule has 1 heterocycles. The number of imidazole rings is 1. The fourth-order valence-corrected chi connectivity index (χ4v) is 2.10. The van der Waals surface area contributed by atoms with Crippen LogP contribution in [0.4, 0.5) is 0 Å². The molecule has 0 saturated heterocycles. The molecule has 1 aromatic heterocycles. The van der Waals surface area contributed by atoms with Gasteiger partial charge in [0, 0.05) is 0 Å². The summed E-state index contributed by atoms with van der Waals surface area (Å²) in [6, 6.07) is 5.44. The number of nitrogens with two attached hydrogens (primary N) is 1. The summed E-state index contributed by atoms with van der Waals surface area (Å²) in [4.78, 5) is 15.7. The topological polar surface area (TPSA) is 60.9 Å². The lowest BCUT2D eigenvalue weighted by Gasteiger charge is -2.13. The summed E-state index contributed by atoms with van der Waals surface area (Å²) < 4.78 is 1.80. The number of hydrogen-bond acceptors (Lipinski definition) is 2. The molecule has 17 heavy (non-hydrogen) atoms. The zero-order valence-corrected chi connectivity index (χ0v) is 10.5. The van der Waals surface area contributed by atoms with Crippen LogP contribution in [0.2, 0.25) is 0 Å². The first kappa shape index (κ1) is 11.9. The highest BCUT2D eigenvalue weighted by Crippen LogP contribution is 2.23. The van der Waals surface area contributed by atoms with Crippen LogP contribution in [0.3, 0.4) is 0 Å². The Morgan fingerprint density at radius 2 is 2.29 bits per heavy atom. The zero-order chi connectivity index (χ0) is 12.6. The van der Waals surface area contributed by atoms with Crippen LogP contribution < -0.4 is 5.73 Å². The van der Waals surface area contributed by atoms with Crippen molar-refractivity contribution in [2.75, 3.05) is 0 Å². The van der Waals surface area contributed by atoms with Crippen LogP contribution in [0.1, 0.15) is 24.4 Å². The third-order valence-electron chi connectivity index (χ3n) is 2.84. The van der Waals surface area contributed by atoms with E-state index in [1.807, 2.05) is 25.1 Å². The third-order valence-corrected chi connectivity index (χ3v) is 3.08. The highest BCUT2D eigenvalue weighted by Gasteiger charge is 2.18. The molecule has 1 unspecified atom stereocenters. The number of fused-ring (bicyclic) bond motifs is 1. The molecule has 2 rings (SSSR count). The molecule has 4 nitrogen and oxygen atoms in total. The van der Waals surface area contributed by atoms with Gasteiger partial charge in [0.25, 0.3) is 0 Å². The van der Waals surface area contributed by atoms with Gasteiger partial charge in [-0.2, -0.15) is 0 Å². The monoisotopic (exact) mass is 251 g/mol. The van der Waals surface area contributed by atoms with Crippen LogP contribution >= 0.6 is 11.6 Å². The standard InChI is InChI=1S/C12H14ClN3O/c1-7-3-4-9-10(5-7)16(8(2)12(14)17)11(6-13)15-9/h3-5,8H,6H2,1-2H3,(H2,14,17). The van der Waals surface area contributed by atoms with Gasteiger partial charge in [-0.15, -0.1) is 11.6 Å². The van der Waals surface area contributed by atoms with E-state index < -0.39 is 11.9 Å². The second-order valence-electron chi connectivity index (χ2n) is 4.10. The molecule has 0 radical (unpaired) electrons. The average Bonchev–Trinajstić information content (AvgIpc) is 2.65. The maximum absolute atomic E-state index is 11.3. The van der Waals surface area contributed by atoms with E-state index in [4.69, 9.17) is 17.3 Å². The van der Waals surface area contributed by atoms with Crippen molar-refractivity contribution in [3.63, 3.8) is 0 Å². The van der Waals surface area contributed by atoms with Gasteiger partial charge >= 0.3 is 0 Å². The van der Waals surface area contributed by atoms with Crippen molar-refractivity contribution in [3.8, 4) is 0 Å². The lowest BCUT2D eigenvalue weighted by Crippen LogP contribution is -2.25. The van der Waals surface area contributed by atoms with Gasteiger partial charge in [-0.25, -0.2) is 4.98 Å². The number of rotatable bonds is 3. The molecule has 2 N–H and O–H groups in total. The van der Waals surface area contributed by atoms with Gasteiger partial charge in [0.1, 0.15) is 11.9 Å². The van der Waals surface area contributed by atoms with Gasteiger partial charge in [0.05, 0.1) is 16.9 Å². The lowest BCUT2D eigenvalue weighted by atomic mass is 10.2. The van der Waals surface area contributed by atoms with Gasteiger partial charge in [0.2, 0.25) is 5.91 Å². The van der Waals surface area contributed by atoms with E-state index in [-0.39, 0.29) is 5.88 Å². The summed E-state index contributed by atoms with van der Waals surface area (Å²) >= 11 is 5.86. The smallest absolute Gasteiger partial charge is 0.240 e. The van der Waals surface area contributed by atoms with Crippen LogP contribution in [0.25, 0.3) is 11.0 Å². The molecular weight excluding hydrogens is 238 g/mol. The molecular formula is C12H14ClN3O. The van der Waals surface area contributed by atoms with Gasteiger partial charge in [-0.1, -0.05) is 6.07 Å². The van der Waals surface area contributed by atoms with Crippen LogP contribution in [-0.2, 0) is 10.7 Å². The number of alkyl halides is 1. The Morgan fingerprint density at radius 1 is 1.59 bits per heavy atom. The summed E-state index contributed by atoms with van der Waals surface area (Å²) in [5.74, 6) is 0.529. The number of amides is 1. The molecule has 90 valence electrons. The molecule has 1 amide bonds. The number of aryl methyl sites for hydroxylation is 1. The molecule has 0 spiro atoms. The Hall–Kier alpha value is -1.55. The van der Waals surface area contributed by atoms with Crippen molar-refractivity contribution in [1.82, 2.24) is 9.55 Å². The van der Waals surface area contributed by atoms with Crippen LogP contribution in [-0.4, -0.2) is 15.5 Å². The lowest BCUT2D eigenvalue weighted by molar-refractivity contribution is -0.120. The molecule has 0 aliphatic heterocycles. The average molecular weight is 252 g/mol. The van der Waals surface area contributed by atoms with Crippen LogP contribution in [0.15, 0.2) is 18.2 Å². The van der Waals surface area contributed by atoms with E-state index in [1.54, 1.807) is 11.5 Å². The Bertz CT molecular complexity index is 576. The number of primary amides is 1. The Balaban J connectivity index is 2.72.